The predicted octanol–water partition coefficient (Wildman–Crippen LogP) is 9.95. The molecule has 1 saturated heterocycles. The van der Waals surface area contributed by atoms with Crippen molar-refractivity contribution >= 4 is 65.1 Å². The summed E-state index contributed by atoms with van der Waals surface area (Å²) in [6.45, 7) is 7.44. The third kappa shape index (κ3) is 13.1. The molecule has 1 fully saturated rings. The van der Waals surface area contributed by atoms with Crippen LogP contribution >= 0.6 is 35.5 Å². The first kappa shape index (κ1) is 50.7. The van der Waals surface area contributed by atoms with Crippen LogP contribution in [0.4, 0.5) is 5.69 Å². The van der Waals surface area contributed by atoms with Crippen molar-refractivity contribution in [1.82, 2.24) is 9.55 Å². The average Bonchev–Trinajstić information content (AvgIpc) is 3.36. The van der Waals surface area contributed by atoms with Crippen molar-refractivity contribution in [3.63, 3.8) is 0 Å². The fraction of sp³-hybridized carbons (Fsp3) is 0.204. The minimum absolute atomic E-state index is 0. The third-order valence-electron chi connectivity index (χ3n) is 10.4. The van der Waals surface area contributed by atoms with Gasteiger partial charge in [0.2, 0.25) is 4.80 Å². The normalized spacial score (nSPS) is 18.2. The zero-order chi connectivity index (χ0) is 48.3. The lowest BCUT2D eigenvalue weighted by atomic mass is 9.98. The zero-order valence-corrected chi connectivity index (χ0v) is 41.0. The molecule has 13 nitrogen and oxygen atoms in total. The fourth-order valence-corrected chi connectivity index (χ4v) is 9.46. The number of aryl methyl sites for hydroxylation is 1. The van der Waals surface area contributed by atoms with E-state index in [1.807, 2.05) is 86.9 Å². The van der Waals surface area contributed by atoms with Crippen molar-refractivity contribution in [2.45, 2.75) is 68.2 Å². The molecule has 1 unspecified atom stereocenters. The number of ether oxygens (including phenoxy) is 5. The van der Waals surface area contributed by atoms with Crippen molar-refractivity contribution < 1.29 is 42.9 Å². The molecule has 0 saturated carbocycles. The smallest absolute Gasteiger partial charge is 0.338 e. The molecule has 0 aliphatic carbocycles. The Morgan fingerprint density at radius 3 is 1.54 bits per heavy atom. The van der Waals surface area contributed by atoms with Gasteiger partial charge in [-0.25, -0.2) is 24.2 Å². The molecule has 2 heterocycles. The van der Waals surface area contributed by atoms with Gasteiger partial charge in [-0.1, -0.05) is 132 Å². The summed E-state index contributed by atoms with van der Waals surface area (Å²) in [5.41, 5.74) is 1.33. The molecule has 0 N–H and O–H groups in total. The van der Waals surface area contributed by atoms with E-state index in [0.29, 0.717) is 26.1 Å². The maximum Gasteiger partial charge on any atom is 0.338 e. The monoisotopic (exact) mass is 996 g/mol. The number of rotatable bonds is 13. The molecule has 358 valence electrons. The first-order valence-corrected chi connectivity index (χ1v) is 23.8. The van der Waals surface area contributed by atoms with Crippen LogP contribution in [0, 0.1) is 6.92 Å². The summed E-state index contributed by atoms with van der Waals surface area (Å²) in [6.07, 6.45) is -5.93. The van der Waals surface area contributed by atoms with Crippen LogP contribution < -0.4 is 9.60 Å². The Bertz CT molecular complexity index is 3030. The van der Waals surface area contributed by atoms with Crippen molar-refractivity contribution in [2.24, 2.45) is 9.98 Å². The Morgan fingerprint density at radius 2 is 1.06 bits per heavy atom. The largest absolute Gasteiger partial charge is 0.459 e. The summed E-state index contributed by atoms with van der Waals surface area (Å²) in [5.74, 6) is -3.07. The summed E-state index contributed by atoms with van der Waals surface area (Å²) >= 11 is 2.31. The molecule has 70 heavy (non-hydrogen) atoms. The van der Waals surface area contributed by atoms with Crippen molar-refractivity contribution in [2.75, 3.05) is 6.61 Å². The van der Waals surface area contributed by atoms with E-state index in [-0.39, 0.29) is 34.7 Å². The van der Waals surface area contributed by atoms with Crippen molar-refractivity contribution in [3.05, 3.63) is 213 Å². The Balaban J connectivity index is 0.00000722. The number of benzene rings is 6. The zero-order valence-electron chi connectivity index (χ0n) is 38.5. The Morgan fingerprint density at radius 1 is 0.614 bits per heavy atom. The maximum atomic E-state index is 14.3. The molecule has 6 aromatic carbocycles. The number of aromatic nitrogens is 2. The number of thioether (sulfide) groups is 1. The van der Waals surface area contributed by atoms with E-state index >= 15 is 0 Å². The SMILES string of the molecule is Cc1ccc(N=c2nc(SC3O[C@H](COC(=O)c4ccccc4)[C@@H](OC(=O)c4ccccc4)[C@H](OC(=O)c4ccccc4)[C@H]3OC(=O)c3ccccc3)n(-c3ccccc3)c(=NC(C)(C)C)s2)cc1.Cl. The van der Waals surface area contributed by atoms with Crippen LogP contribution in [0.25, 0.3) is 5.69 Å². The van der Waals surface area contributed by atoms with E-state index in [2.05, 4.69) is 0 Å². The van der Waals surface area contributed by atoms with Gasteiger partial charge in [0.25, 0.3) is 0 Å². The first-order valence-electron chi connectivity index (χ1n) is 22.1. The van der Waals surface area contributed by atoms with Crippen LogP contribution in [0.3, 0.4) is 0 Å². The standard InChI is InChI=1S/C54H48N4O9S2.ClH/c1-35-30-32-40(33-31-35)55-51-56-52(58(41-28-18-9-19-29-41)53(69-51)57-54(2,3)4)68-50-45(67-49(62)39-26-16-8-17-27-39)44(66-48(61)38-24-14-7-15-25-38)43(65-47(60)37-22-12-6-13-23-37)42(64-50)34-63-46(59)36-20-10-5-11-21-36;/h5-33,42-45,50H,34H2,1-4H3;1H/t42-,43-,44+,45-,50?;/m1./s1. The molecular formula is C54H49ClN4O9S2. The highest BCUT2D eigenvalue weighted by Gasteiger charge is 2.54. The molecule has 0 bridgehead atoms. The van der Waals surface area contributed by atoms with E-state index in [0.717, 1.165) is 17.3 Å². The van der Waals surface area contributed by atoms with Gasteiger partial charge < -0.3 is 23.7 Å². The lowest BCUT2D eigenvalue weighted by Crippen LogP contribution is -2.62. The topological polar surface area (TPSA) is 157 Å². The number of halogens is 1. The summed E-state index contributed by atoms with van der Waals surface area (Å²) in [5, 5.41) is 0.299. The Labute approximate surface area is 419 Å². The molecule has 1 aromatic heterocycles. The lowest BCUT2D eigenvalue weighted by molar-refractivity contribution is -0.207. The van der Waals surface area contributed by atoms with Gasteiger partial charge in [-0.15, -0.1) is 12.4 Å². The second-order valence-corrected chi connectivity index (χ2v) is 18.8. The van der Waals surface area contributed by atoms with E-state index in [1.54, 1.807) is 121 Å². The predicted molar refractivity (Wildman–Crippen MR) is 269 cm³/mol. The van der Waals surface area contributed by atoms with Gasteiger partial charge in [-0.2, -0.15) is 4.98 Å². The summed E-state index contributed by atoms with van der Waals surface area (Å²) in [6, 6.07) is 50.3. The van der Waals surface area contributed by atoms with Crippen LogP contribution in [0.1, 0.15) is 67.8 Å². The highest BCUT2D eigenvalue weighted by molar-refractivity contribution is 7.99. The fourth-order valence-electron chi connectivity index (χ4n) is 7.10. The third-order valence-corrected chi connectivity index (χ3v) is 12.3. The summed E-state index contributed by atoms with van der Waals surface area (Å²) < 4.78 is 33.8. The van der Waals surface area contributed by atoms with Gasteiger partial charge in [-0.05, 0) is 100 Å². The van der Waals surface area contributed by atoms with Crippen molar-refractivity contribution in [1.29, 1.82) is 0 Å². The van der Waals surface area contributed by atoms with Crippen LogP contribution in [0.15, 0.2) is 191 Å². The lowest BCUT2D eigenvalue weighted by Gasteiger charge is -2.44. The van der Waals surface area contributed by atoms with Gasteiger partial charge in [0.05, 0.1) is 39.2 Å². The highest BCUT2D eigenvalue weighted by Crippen LogP contribution is 2.38. The average molecular weight is 998 g/mol. The number of carbonyl (C=O) groups is 4. The van der Waals surface area contributed by atoms with E-state index < -0.39 is 65.9 Å². The molecule has 7 aromatic rings. The van der Waals surface area contributed by atoms with Crippen LogP contribution in [-0.2, 0) is 23.7 Å². The van der Waals surface area contributed by atoms with Gasteiger partial charge in [0.15, 0.2) is 33.7 Å². The van der Waals surface area contributed by atoms with E-state index in [4.69, 9.17) is 38.7 Å². The molecule has 0 spiro atoms. The van der Waals surface area contributed by atoms with Gasteiger partial charge >= 0.3 is 23.9 Å². The van der Waals surface area contributed by atoms with E-state index in [1.165, 1.54) is 11.3 Å². The Kier molecular flexibility index (Phi) is 17.0. The quantitative estimate of drug-likeness (QED) is 0.0800. The molecule has 5 atom stereocenters. The van der Waals surface area contributed by atoms with Crippen LogP contribution in [0.5, 0.6) is 0 Å². The second kappa shape index (κ2) is 23.4. The van der Waals surface area contributed by atoms with Crippen molar-refractivity contribution in [3.8, 4) is 5.69 Å². The summed E-state index contributed by atoms with van der Waals surface area (Å²) in [4.78, 5) is 72.5. The Hall–Kier alpha value is -7.17. The number of hydrogen-bond acceptors (Lipinski definition) is 14. The van der Waals surface area contributed by atoms with Gasteiger partial charge in [0.1, 0.15) is 12.7 Å². The van der Waals surface area contributed by atoms with Gasteiger partial charge in [-0.3, -0.25) is 9.56 Å². The van der Waals surface area contributed by atoms with Crippen LogP contribution in [0.2, 0.25) is 0 Å². The number of hydrogen-bond donors (Lipinski definition) is 0. The molecule has 16 heteroatoms. The second-order valence-electron chi connectivity index (χ2n) is 16.8. The molecule has 1 aliphatic heterocycles. The number of esters is 4. The molecule has 1 aliphatic rings. The number of para-hydroxylation sites is 1. The molecule has 0 amide bonds. The maximum absolute atomic E-state index is 14.3. The first-order chi connectivity index (χ1) is 33.4. The number of nitrogens with zero attached hydrogens (tertiary/aromatic N) is 4. The molecule has 0 radical (unpaired) electrons. The summed E-state index contributed by atoms with van der Waals surface area (Å²) in [7, 11) is 0. The number of carbonyl (C=O) groups excluding carboxylic acids is 4. The minimum atomic E-state index is -1.57. The minimum Gasteiger partial charge on any atom is -0.459 e. The molecular weight excluding hydrogens is 948 g/mol. The van der Waals surface area contributed by atoms with E-state index in [9.17, 15) is 19.2 Å². The van der Waals surface area contributed by atoms with Crippen LogP contribution in [-0.4, -0.2) is 75.4 Å². The molecule has 8 rings (SSSR count). The van der Waals surface area contributed by atoms with Gasteiger partial charge in [0, 0.05) is 0 Å². The highest BCUT2D eigenvalue weighted by atomic mass is 35.5.